The zero-order valence-corrected chi connectivity index (χ0v) is 13.8. The number of carbonyl (C=O) groups excluding carboxylic acids is 1. The van der Waals surface area contributed by atoms with E-state index in [1.807, 2.05) is 13.8 Å². The fourth-order valence-corrected chi connectivity index (χ4v) is 2.59. The summed E-state index contributed by atoms with van der Waals surface area (Å²) in [7, 11) is 0. The van der Waals surface area contributed by atoms with Crippen LogP contribution in [0.4, 0.5) is 10.1 Å². The van der Waals surface area contributed by atoms with Crippen LogP contribution in [-0.4, -0.2) is 26.8 Å². The molecule has 0 saturated heterocycles. The SMILES string of the molecule is CCC(CC)n1ncc(C(=O)Nc2cc(C(=O)O)ccc2F)c1C. The first-order valence-electron chi connectivity index (χ1n) is 7.77. The molecule has 7 heteroatoms. The lowest BCUT2D eigenvalue weighted by Gasteiger charge is -2.15. The van der Waals surface area contributed by atoms with Crippen LogP contribution in [-0.2, 0) is 0 Å². The lowest BCUT2D eigenvalue weighted by atomic mass is 10.1. The topological polar surface area (TPSA) is 84.2 Å². The first-order chi connectivity index (χ1) is 11.4. The third-order valence-corrected chi connectivity index (χ3v) is 4.04. The molecule has 0 aliphatic carbocycles. The van der Waals surface area contributed by atoms with Gasteiger partial charge in [0.2, 0.25) is 0 Å². The van der Waals surface area contributed by atoms with E-state index < -0.39 is 17.7 Å². The standard InChI is InChI=1S/C17H20FN3O3/c1-4-12(5-2)21-10(3)13(9-19-21)16(22)20-15-8-11(17(23)24)6-7-14(15)18/h6-9,12H,4-5H2,1-3H3,(H,20,22)(H,23,24). The molecule has 2 rings (SSSR count). The van der Waals surface area contributed by atoms with Gasteiger partial charge in [0.15, 0.2) is 0 Å². The second-order valence-corrected chi connectivity index (χ2v) is 5.51. The zero-order valence-electron chi connectivity index (χ0n) is 13.8. The number of carboxylic acids is 1. The molecule has 0 atom stereocenters. The average Bonchev–Trinajstić information content (AvgIpc) is 2.92. The molecule has 0 saturated carbocycles. The minimum absolute atomic E-state index is 0.101. The van der Waals surface area contributed by atoms with Crippen LogP contribution in [0.1, 0.15) is 59.1 Å². The fraction of sp³-hybridized carbons (Fsp3) is 0.353. The predicted octanol–water partition coefficient (Wildman–Crippen LogP) is 3.64. The van der Waals surface area contributed by atoms with E-state index in [9.17, 15) is 14.0 Å². The number of anilines is 1. The van der Waals surface area contributed by atoms with Crippen molar-refractivity contribution in [2.45, 2.75) is 39.7 Å². The zero-order chi connectivity index (χ0) is 17.9. The third kappa shape index (κ3) is 3.45. The molecule has 1 amide bonds. The molecule has 1 aromatic heterocycles. The first-order valence-corrected chi connectivity index (χ1v) is 7.77. The van der Waals surface area contributed by atoms with Crippen LogP contribution in [0.5, 0.6) is 0 Å². The lowest BCUT2D eigenvalue weighted by molar-refractivity contribution is 0.0696. The Balaban J connectivity index is 2.28. The van der Waals surface area contributed by atoms with E-state index in [4.69, 9.17) is 5.11 Å². The van der Waals surface area contributed by atoms with Crippen molar-refractivity contribution in [2.24, 2.45) is 0 Å². The Labute approximate surface area is 139 Å². The van der Waals surface area contributed by atoms with Gasteiger partial charge in [-0.05, 0) is 38.0 Å². The number of rotatable bonds is 6. The Morgan fingerprint density at radius 3 is 2.58 bits per heavy atom. The minimum atomic E-state index is -1.19. The number of nitrogens with one attached hydrogen (secondary N) is 1. The summed E-state index contributed by atoms with van der Waals surface area (Å²) >= 11 is 0. The first kappa shape index (κ1) is 17.7. The molecule has 24 heavy (non-hydrogen) atoms. The van der Waals surface area contributed by atoms with Crippen molar-refractivity contribution in [3.05, 3.63) is 47.0 Å². The Morgan fingerprint density at radius 1 is 1.33 bits per heavy atom. The lowest BCUT2D eigenvalue weighted by Crippen LogP contribution is -2.16. The van der Waals surface area contributed by atoms with Gasteiger partial charge in [0.1, 0.15) is 5.82 Å². The summed E-state index contributed by atoms with van der Waals surface area (Å²) in [6, 6.07) is 3.44. The van der Waals surface area contributed by atoms with E-state index in [0.717, 1.165) is 31.0 Å². The maximum Gasteiger partial charge on any atom is 0.335 e. The molecule has 0 aliphatic heterocycles. The van der Waals surface area contributed by atoms with Crippen molar-refractivity contribution in [3.63, 3.8) is 0 Å². The molecule has 0 radical (unpaired) electrons. The number of nitrogens with zero attached hydrogens (tertiary/aromatic N) is 2. The van der Waals surface area contributed by atoms with Gasteiger partial charge in [0.25, 0.3) is 5.91 Å². The fourth-order valence-electron chi connectivity index (χ4n) is 2.59. The molecule has 1 aromatic carbocycles. The van der Waals surface area contributed by atoms with Crippen molar-refractivity contribution >= 4 is 17.6 Å². The van der Waals surface area contributed by atoms with Gasteiger partial charge in [0, 0.05) is 5.69 Å². The van der Waals surface area contributed by atoms with Gasteiger partial charge in [-0.1, -0.05) is 13.8 Å². The molecule has 0 aliphatic rings. The summed E-state index contributed by atoms with van der Waals surface area (Å²) in [5.41, 5.74) is 0.753. The summed E-state index contributed by atoms with van der Waals surface area (Å²) in [4.78, 5) is 23.4. The highest BCUT2D eigenvalue weighted by Crippen LogP contribution is 2.21. The molecule has 1 heterocycles. The number of aromatic nitrogens is 2. The van der Waals surface area contributed by atoms with Crippen molar-refractivity contribution in [3.8, 4) is 0 Å². The summed E-state index contributed by atoms with van der Waals surface area (Å²) < 4.78 is 15.6. The molecular weight excluding hydrogens is 313 g/mol. The molecule has 2 N–H and O–H groups in total. The van der Waals surface area contributed by atoms with E-state index in [-0.39, 0.29) is 17.3 Å². The average molecular weight is 333 g/mol. The van der Waals surface area contributed by atoms with Crippen molar-refractivity contribution < 1.29 is 19.1 Å². The minimum Gasteiger partial charge on any atom is -0.478 e. The van der Waals surface area contributed by atoms with Gasteiger partial charge in [-0.15, -0.1) is 0 Å². The number of hydrogen-bond acceptors (Lipinski definition) is 3. The van der Waals surface area contributed by atoms with Crippen LogP contribution in [0.2, 0.25) is 0 Å². The highest BCUT2D eigenvalue weighted by Gasteiger charge is 2.19. The second-order valence-electron chi connectivity index (χ2n) is 5.51. The predicted molar refractivity (Wildman–Crippen MR) is 87.9 cm³/mol. The van der Waals surface area contributed by atoms with Crippen molar-refractivity contribution in [1.29, 1.82) is 0 Å². The van der Waals surface area contributed by atoms with E-state index in [1.54, 1.807) is 11.6 Å². The number of benzene rings is 1. The van der Waals surface area contributed by atoms with Crippen LogP contribution in [0.15, 0.2) is 24.4 Å². The van der Waals surface area contributed by atoms with Crippen LogP contribution in [0, 0.1) is 12.7 Å². The number of amides is 1. The Kier molecular flexibility index (Phi) is 5.33. The number of hydrogen-bond donors (Lipinski definition) is 2. The Morgan fingerprint density at radius 2 is 2.00 bits per heavy atom. The molecule has 0 spiro atoms. The normalized spacial score (nSPS) is 10.9. The van der Waals surface area contributed by atoms with Crippen LogP contribution in [0.25, 0.3) is 0 Å². The van der Waals surface area contributed by atoms with Gasteiger partial charge in [-0.2, -0.15) is 5.10 Å². The van der Waals surface area contributed by atoms with E-state index in [1.165, 1.54) is 6.20 Å². The summed E-state index contributed by atoms with van der Waals surface area (Å²) in [5, 5.41) is 15.6. The summed E-state index contributed by atoms with van der Waals surface area (Å²) in [6.07, 6.45) is 3.21. The van der Waals surface area contributed by atoms with Crippen LogP contribution < -0.4 is 5.32 Å². The highest BCUT2D eigenvalue weighted by molar-refractivity contribution is 6.05. The molecule has 0 fully saturated rings. The molecule has 2 aromatic rings. The van der Waals surface area contributed by atoms with Gasteiger partial charge in [-0.3, -0.25) is 9.48 Å². The molecule has 0 unspecified atom stereocenters. The van der Waals surface area contributed by atoms with Gasteiger partial charge in [-0.25, -0.2) is 9.18 Å². The van der Waals surface area contributed by atoms with Crippen LogP contribution in [0.3, 0.4) is 0 Å². The smallest absolute Gasteiger partial charge is 0.335 e. The van der Waals surface area contributed by atoms with Gasteiger partial charge in [0.05, 0.1) is 29.1 Å². The maximum absolute atomic E-state index is 13.8. The second kappa shape index (κ2) is 7.25. The van der Waals surface area contributed by atoms with E-state index in [0.29, 0.717) is 11.3 Å². The van der Waals surface area contributed by atoms with Crippen molar-refractivity contribution in [2.75, 3.05) is 5.32 Å². The maximum atomic E-state index is 13.8. The Hall–Kier alpha value is -2.70. The van der Waals surface area contributed by atoms with Gasteiger partial charge >= 0.3 is 5.97 Å². The highest BCUT2D eigenvalue weighted by atomic mass is 19.1. The summed E-state index contributed by atoms with van der Waals surface area (Å²) in [5.74, 6) is -2.41. The molecule has 0 bridgehead atoms. The monoisotopic (exact) mass is 333 g/mol. The van der Waals surface area contributed by atoms with Gasteiger partial charge < -0.3 is 10.4 Å². The molecule has 128 valence electrons. The largest absolute Gasteiger partial charge is 0.478 e. The number of carboxylic acid groups (broad SMARTS) is 1. The number of aromatic carboxylic acids is 1. The quantitative estimate of drug-likeness (QED) is 0.845. The molecular formula is C17H20FN3O3. The Bertz CT molecular complexity index is 766. The van der Waals surface area contributed by atoms with Crippen molar-refractivity contribution in [1.82, 2.24) is 9.78 Å². The van der Waals surface area contributed by atoms with E-state index >= 15 is 0 Å². The third-order valence-electron chi connectivity index (χ3n) is 4.04. The number of carbonyl (C=O) groups is 2. The summed E-state index contributed by atoms with van der Waals surface area (Å²) in [6.45, 7) is 5.87. The molecule has 6 nitrogen and oxygen atoms in total. The number of halogens is 1. The van der Waals surface area contributed by atoms with E-state index in [2.05, 4.69) is 10.4 Å². The van der Waals surface area contributed by atoms with Crippen LogP contribution >= 0.6 is 0 Å².